The lowest BCUT2D eigenvalue weighted by Gasteiger charge is -2.32. The van der Waals surface area contributed by atoms with E-state index in [0.717, 1.165) is 6.07 Å². The summed E-state index contributed by atoms with van der Waals surface area (Å²) in [5.41, 5.74) is 4.83. The molecule has 2 heterocycles. The molecule has 0 saturated heterocycles. The van der Waals surface area contributed by atoms with Crippen molar-refractivity contribution in [1.82, 2.24) is 9.97 Å². The number of nitrogens with zero attached hydrogens (tertiary/aromatic N) is 3. The molecule has 4 rings (SSSR count). The number of benzene rings is 1. The molecule has 0 spiro atoms. The first-order chi connectivity index (χ1) is 13.9. The Labute approximate surface area is 169 Å². The molecule has 29 heavy (non-hydrogen) atoms. The summed E-state index contributed by atoms with van der Waals surface area (Å²) in [5.74, 6) is -1.19. The molecule has 0 amide bonds. The molecule has 2 aliphatic rings. The van der Waals surface area contributed by atoms with E-state index in [-0.39, 0.29) is 52.4 Å². The van der Waals surface area contributed by atoms with E-state index in [2.05, 4.69) is 15.0 Å². The fourth-order valence-corrected chi connectivity index (χ4v) is 3.90. The SMILES string of the molecule is COc1cnc(C(=O)Cc2cc(F)c(Cl)c([C@@]3(CF)N=C(N)O[C@@H]4C[C@@H]43)c2)cn1. The van der Waals surface area contributed by atoms with Crippen molar-refractivity contribution in [2.75, 3.05) is 13.8 Å². The molecule has 0 bridgehead atoms. The molecule has 0 radical (unpaired) electrons. The molecule has 1 aromatic heterocycles. The van der Waals surface area contributed by atoms with Crippen LogP contribution in [0.5, 0.6) is 5.88 Å². The molecule has 1 aromatic carbocycles. The van der Waals surface area contributed by atoms with Crippen molar-refractivity contribution in [3.05, 3.63) is 52.2 Å². The van der Waals surface area contributed by atoms with Gasteiger partial charge in [0.1, 0.15) is 29.8 Å². The number of amidine groups is 1. The zero-order valence-electron chi connectivity index (χ0n) is 15.4. The summed E-state index contributed by atoms with van der Waals surface area (Å²) in [7, 11) is 1.43. The van der Waals surface area contributed by atoms with Gasteiger partial charge in [-0.1, -0.05) is 17.7 Å². The van der Waals surface area contributed by atoms with Crippen LogP contribution in [-0.4, -0.2) is 41.7 Å². The number of Topliss-reactive ketones (excluding diaryl/α,β-unsaturated/α-hetero) is 1. The number of ketones is 1. The standard InChI is InChI=1S/C19H17ClF2N4O3/c1-28-16-7-24-13(6-25-16)14(27)4-9-2-11(17(20)12(22)3-9)19(8-21)10-5-15(10)29-18(23)26-19/h2-3,6-7,10,15H,4-5,8H2,1H3,(H2,23,26)/t10-,15+,19-/m0/s1. The van der Waals surface area contributed by atoms with Gasteiger partial charge in [-0.3, -0.25) is 4.79 Å². The average molecular weight is 423 g/mol. The zero-order chi connectivity index (χ0) is 20.8. The van der Waals surface area contributed by atoms with Crippen LogP contribution in [0.2, 0.25) is 5.02 Å². The smallest absolute Gasteiger partial charge is 0.283 e. The number of hydrogen-bond donors (Lipinski definition) is 1. The van der Waals surface area contributed by atoms with Crippen LogP contribution in [0.3, 0.4) is 0 Å². The highest BCUT2D eigenvalue weighted by Gasteiger charge is 2.60. The van der Waals surface area contributed by atoms with Crippen LogP contribution < -0.4 is 10.5 Å². The van der Waals surface area contributed by atoms with Gasteiger partial charge in [0.25, 0.3) is 6.02 Å². The van der Waals surface area contributed by atoms with Crippen LogP contribution in [0.1, 0.15) is 28.0 Å². The summed E-state index contributed by atoms with van der Waals surface area (Å²) in [6.45, 7) is -0.918. The minimum absolute atomic E-state index is 0.0958. The van der Waals surface area contributed by atoms with Gasteiger partial charge in [-0.25, -0.2) is 23.7 Å². The second-order valence-corrected chi connectivity index (χ2v) is 7.37. The highest BCUT2D eigenvalue weighted by atomic mass is 35.5. The maximum atomic E-state index is 14.6. The lowest BCUT2D eigenvalue weighted by atomic mass is 9.84. The maximum Gasteiger partial charge on any atom is 0.283 e. The summed E-state index contributed by atoms with van der Waals surface area (Å²) < 4.78 is 39.0. The Morgan fingerprint density at radius 3 is 2.86 bits per heavy atom. The first-order valence-electron chi connectivity index (χ1n) is 8.83. The Hall–Kier alpha value is -2.81. The van der Waals surface area contributed by atoms with Crippen LogP contribution in [0.15, 0.2) is 29.5 Å². The van der Waals surface area contributed by atoms with Crippen LogP contribution in [0.25, 0.3) is 0 Å². The van der Waals surface area contributed by atoms with Crippen LogP contribution in [-0.2, 0) is 16.7 Å². The van der Waals surface area contributed by atoms with Crippen LogP contribution >= 0.6 is 11.6 Å². The Morgan fingerprint density at radius 2 is 2.21 bits per heavy atom. The topological polar surface area (TPSA) is 99.7 Å². The minimum Gasteiger partial charge on any atom is -0.480 e. The van der Waals surface area contributed by atoms with E-state index in [1.165, 1.54) is 25.6 Å². The summed E-state index contributed by atoms with van der Waals surface area (Å²) in [4.78, 5) is 24.6. The molecule has 1 saturated carbocycles. The summed E-state index contributed by atoms with van der Waals surface area (Å²) in [6.07, 6.45) is 2.68. The molecular weight excluding hydrogens is 406 g/mol. The van der Waals surface area contributed by atoms with E-state index >= 15 is 0 Å². The predicted molar refractivity (Wildman–Crippen MR) is 100 cm³/mol. The molecule has 0 unspecified atom stereocenters. The largest absolute Gasteiger partial charge is 0.480 e. The van der Waals surface area contributed by atoms with Gasteiger partial charge in [0.15, 0.2) is 5.78 Å². The number of alkyl halides is 1. The van der Waals surface area contributed by atoms with Gasteiger partial charge in [-0.05, 0) is 18.1 Å². The highest BCUT2D eigenvalue weighted by molar-refractivity contribution is 6.31. The summed E-state index contributed by atoms with van der Waals surface area (Å²) in [5, 5.41) is -0.243. The number of aliphatic imine (C=N–C) groups is 1. The lowest BCUT2D eigenvalue weighted by molar-refractivity contribution is 0.0987. The number of hydrogen-bond acceptors (Lipinski definition) is 7. The van der Waals surface area contributed by atoms with Crippen molar-refractivity contribution >= 4 is 23.4 Å². The number of nitrogens with two attached hydrogens (primary N) is 1. The van der Waals surface area contributed by atoms with Crippen molar-refractivity contribution in [1.29, 1.82) is 0 Å². The highest BCUT2D eigenvalue weighted by Crippen LogP contribution is 2.54. The Morgan fingerprint density at radius 1 is 1.41 bits per heavy atom. The first-order valence-corrected chi connectivity index (χ1v) is 9.21. The van der Waals surface area contributed by atoms with E-state index in [9.17, 15) is 13.6 Å². The third kappa shape index (κ3) is 3.39. The van der Waals surface area contributed by atoms with Gasteiger partial charge in [-0.2, -0.15) is 0 Å². The number of carbonyl (C=O) groups excluding carboxylic acids is 1. The minimum atomic E-state index is -1.43. The van der Waals surface area contributed by atoms with Crippen molar-refractivity contribution in [2.24, 2.45) is 16.6 Å². The summed E-state index contributed by atoms with van der Waals surface area (Å²) in [6, 6.07) is 2.48. The lowest BCUT2D eigenvalue weighted by Crippen LogP contribution is -2.39. The summed E-state index contributed by atoms with van der Waals surface area (Å²) >= 11 is 6.17. The normalized spacial score (nSPS) is 24.9. The van der Waals surface area contributed by atoms with Gasteiger partial charge in [-0.15, -0.1) is 0 Å². The van der Waals surface area contributed by atoms with Gasteiger partial charge < -0.3 is 15.2 Å². The van der Waals surface area contributed by atoms with Crippen molar-refractivity contribution < 1.29 is 23.0 Å². The Kier molecular flexibility index (Phi) is 4.85. The van der Waals surface area contributed by atoms with Crippen molar-refractivity contribution in [2.45, 2.75) is 24.5 Å². The number of fused-ring (bicyclic) bond motifs is 1. The second kappa shape index (κ2) is 7.22. The quantitative estimate of drug-likeness (QED) is 0.718. The number of ether oxygens (including phenoxy) is 2. The monoisotopic (exact) mass is 422 g/mol. The van der Waals surface area contributed by atoms with Gasteiger partial charge >= 0.3 is 0 Å². The Balaban J connectivity index is 1.69. The number of methoxy groups -OCH3 is 1. The number of aromatic nitrogens is 2. The van der Waals surface area contributed by atoms with E-state index in [1.54, 1.807) is 0 Å². The predicted octanol–water partition coefficient (Wildman–Crippen LogP) is 2.60. The van der Waals surface area contributed by atoms with Gasteiger partial charge in [0.05, 0.1) is 24.5 Å². The van der Waals surface area contributed by atoms with Crippen LogP contribution in [0, 0.1) is 11.7 Å². The third-order valence-electron chi connectivity index (χ3n) is 5.17. The second-order valence-electron chi connectivity index (χ2n) is 6.99. The first kappa shape index (κ1) is 19.5. The molecule has 7 nitrogen and oxygen atoms in total. The van der Waals surface area contributed by atoms with E-state index < -0.39 is 18.0 Å². The molecule has 1 aliphatic carbocycles. The molecule has 2 N–H and O–H groups in total. The number of halogens is 3. The zero-order valence-corrected chi connectivity index (χ0v) is 16.1. The molecule has 1 aliphatic heterocycles. The molecule has 3 atom stereocenters. The van der Waals surface area contributed by atoms with E-state index in [4.69, 9.17) is 26.8 Å². The van der Waals surface area contributed by atoms with Crippen LogP contribution in [0.4, 0.5) is 8.78 Å². The maximum absolute atomic E-state index is 14.6. The number of carbonyl (C=O) groups is 1. The Bertz CT molecular complexity index is 1000. The van der Waals surface area contributed by atoms with E-state index in [0.29, 0.717) is 12.0 Å². The van der Waals surface area contributed by atoms with Crippen molar-refractivity contribution in [3.8, 4) is 5.88 Å². The van der Waals surface area contributed by atoms with Gasteiger partial charge in [0.2, 0.25) is 5.88 Å². The fraction of sp³-hybridized carbons (Fsp3) is 0.368. The van der Waals surface area contributed by atoms with Gasteiger partial charge in [0, 0.05) is 17.9 Å². The molecule has 2 aromatic rings. The molecular formula is C19H17ClF2N4O3. The fourth-order valence-electron chi connectivity index (χ4n) is 3.63. The number of rotatable bonds is 6. The average Bonchev–Trinajstić information content (AvgIpc) is 3.49. The third-order valence-corrected chi connectivity index (χ3v) is 5.56. The molecule has 10 heteroatoms. The molecule has 152 valence electrons. The van der Waals surface area contributed by atoms with Crippen molar-refractivity contribution in [3.63, 3.8) is 0 Å². The molecule has 1 fully saturated rings. The van der Waals surface area contributed by atoms with E-state index in [1.807, 2.05) is 0 Å².